The van der Waals surface area contributed by atoms with Gasteiger partial charge in [0.1, 0.15) is 0 Å². The number of alkyl halides is 6. The van der Waals surface area contributed by atoms with Crippen molar-refractivity contribution in [3.63, 3.8) is 0 Å². The number of hydrogen-bond acceptors (Lipinski definition) is 4. The number of aryl methyl sites for hydroxylation is 1. The quantitative estimate of drug-likeness (QED) is 0.134. The minimum atomic E-state index is -4.96. The summed E-state index contributed by atoms with van der Waals surface area (Å²) in [5, 5.41) is 11.2. The van der Waals surface area contributed by atoms with Gasteiger partial charge in [-0.2, -0.15) is 26.3 Å². The van der Waals surface area contributed by atoms with E-state index in [-0.39, 0.29) is 49.0 Å². The zero-order valence-corrected chi connectivity index (χ0v) is 20.8. The zero-order valence-electron chi connectivity index (χ0n) is 20.8. The SMILES string of the molecule is O=C(CCCCCCC(=O)Nc1ccc2c(c1)CCC(Cc1cc(C(F)(F)F)cc(C(F)(F)F)c1)C2=O)NO. The number of hydroxylamine groups is 1. The molecule has 0 saturated heterocycles. The van der Waals surface area contributed by atoms with Crippen LogP contribution >= 0.6 is 0 Å². The van der Waals surface area contributed by atoms with E-state index in [1.54, 1.807) is 11.5 Å². The Hall–Kier alpha value is -3.41. The van der Waals surface area contributed by atoms with E-state index in [1.165, 1.54) is 12.1 Å². The summed E-state index contributed by atoms with van der Waals surface area (Å²) in [5.74, 6) is -1.83. The van der Waals surface area contributed by atoms with Crippen LogP contribution in [-0.4, -0.2) is 22.8 Å². The second-order valence-electron chi connectivity index (χ2n) is 9.59. The number of rotatable bonds is 10. The highest BCUT2D eigenvalue weighted by atomic mass is 19.4. The maximum absolute atomic E-state index is 13.2. The summed E-state index contributed by atoms with van der Waals surface area (Å²) in [6.45, 7) is 0. The van der Waals surface area contributed by atoms with Crippen molar-refractivity contribution in [3.05, 3.63) is 64.2 Å². The number of halogens is 6. The van der Waals surface area contributed by atoms with Gasteiger partial charge in [0, 0.05) is 30.0 Å². The number of anilines is 1. The lowest BCUT2D eigenvalue weighted by molar-refractivity contribution is -0.143. The van der Waals surface area contributed by atoms with Gasteiger partial charge < -0.3 is 5.32 Å². The fraction of sp³-hybridized carbons (Fsp3) is 0.444. The topological polar surface area (TPSA) is 95.5 Å². The average molecular weight is 559 g/mol. The summed E-state index contributed by atoms with van der Waals surface area (Å²) < 4.78 is 79.1. The summed E-state index contributed by atoms with van der Waals surface area (Å²) in [7, 11) is 0. The number of carbonyl (C=O) groups is 3. The van der Waals surface area contributed by atoms with Crippen LogP contribution in [0.5, 0.6) is 0 Å². The zero-order chi connectivity index (χ0) is 28.8. The van der Waals surface area contributed by atoms with Crippen molar-refractivity contribution < 1.29 is 45.9 Å². The molecule has 1 aliphatic rings. The van der Waals surface area contributed by atoms with Crippen LogP contribution in [0.4, 0.5) is 32.0 Å². The molecule has 1 unspecified atom stereocenters. The molecule has 12 heteroatoms. The minimum Gasteiger partial charge on any atom is -0.326 e. The fourth-order valence-electron chi connectivity index (χ4n) is 4.62. The van der Waals surface area contributed by atoms with Crippen LogP contribution in [0.3, 0.4) is 0 Å². The Morgan fingerprint density at radius 3 is 2.00 bits per heavy atom. The van der Waals surface area contributed by atoms with Crippen molar-refractivity contribution in [2.24, 2.45) is 5.92 Å². The summed E-state index contributed by atoms with van der Waals surface area (Å²) in [4.78, 5) is 36.2. The number of unbranched alkanes of at least 4 members (excludes halogenated alkanes) is 3. The summed E-state index contributed by atoms with van der Waals surface area (Å²) in [6, 6.07) is 6.08. The average Bonchev–Trinajstić information content (AvgIpc) is 2.86. The molecule has 212 valence electrons. The first-order chi connectivity index (χ1) is 18.3. The molecule has 3 N–H and O–H groups in total. The fourth-order valence-corrected chi connectivity index (χ4v) is 4.62. The van der Waals surface area contributed by atoms with E-state index >= 15 is 0 Å². The lowest BCUT2D eigenvalue weighted by Gasteiger charge is -2.24. The van der Waals surface area contributed by atoms with E-state index in [4.69, 9.17) is 5.21 Å². The second kappa shape index (κ2) is 12.6. The van der Waals surface area contributed by atoms with Crippen LogP contribution in [0.1, 0.15) is 77.6 Å². The predicted molar refractivity (Wildman–Crippen MR) is 129 cm³/mol. The minimum absolute atomic E-state index is 0.0659. The van der Waals surface area contributed by atoms with Crippen LogP contribution in [0.2, 0.25) is 0 Å². The lowest BCUT2D eigenvalue weighted by atomic mass is 9.79. The van der Waals surface area contributed by atoms with Crippen molar-refractivity contribution in [2.45, 2.75) is 70.1 Å². The molecule has 1 atom stereocenters. The molecule has 6 nitrogen and oxygen atoms in total. The van der Waals surface area contributed by atoms with Gasteiger partial charge in [-0.3, -0.25) is 19.6 Å². The third-order valence-corrected chi connectivity index (χ3v) is 6.60. The van der Waals surface area contributed by atoms with E-state index in [1.807, 2.05) is 0 Å². The molecule has 0 aliphatic heterocycles. The molecular formula is C27H28F6N2O4. The van der Waals surface area contributed by atoms with Gasteiger partial charge in [-0.1, -0.05) is 12.8 Å². The molecule has 39 heavy (non-hydrogen) atoms. The summed E-state index contributed by atoms with van der Waals surface area (Å²) >= 11 is 0. The maximum atomic E-state index is 13.2. The van der Waals surface area contributed by atoms with Gasteiger partial charge in [0.25, 0.3) is 0 Å². The van der Waals surface area contributed by atoms with Crippen LogP contribution in [0, 0.1) is 5.92 Å². The number of benzene rings is 2. The molecule has 0 heterocycles. The van der Waals surface area contributed by atoms with Crippen molar-refractivity contribution in [2.75, 3.05) is 5.32 Å². The molecule has 0 aromatic heterocycles. The Morgan fingerprint density at radius 2 is 1.44 bits per heavy atom. The first-order valence-electron chi connectivity index (χ1n) is 12.5. The first-order valence-corrected chi connectivity index (χ1v) is 12.5. The molecule has 0 spiro atoms. The third-order valence-electron chi connectivity index (χ3n) is 6.60. The maximum Gasteiger partial charge on any atom is 0.416 e. The van der Waals surface area contributed by atoms with Gasteiger partial charge in [-0.15, -0.1) is 0 Å². The van der Waals surface area contributed by atoms with E-state index in [0.717, 1.165) is 12.8 Å². The Morgan fingerprint density at radius 1 is 0.846 bits per heavy atom. The van der Waals surface area contributed by atoms with E-state index in [0.29, 0.717) is 48.2 Å². The van der Waals surface area contributed by atoms with Gasteiger partial charge in [-0.05, 0) is 79.6 Å². The van der Waals surface area contributed by atoms with Crippen LogP contribution in [-0.2, 0) is 34.8 Å². The van der Waals surface area contributed by atoms with Crippen molar-refractivity contribution in [1.82, 2.24) is 5.48 Å². The smallest absolute Gasteiger partial charge is 0.326 e. The Kier molecular flexibility index (Phi) is 9.76. The van der Waals surface area contributed by atoms with E-state index < -0.39 is 35.3 Å². The lowest BCUT2D eigenvalue weighted by Crippen LogP contribution is -2.25. The van der Waals surface area contributed by atoms with Gasteiger partial charge in [-0.25, -0.2) is 5.48 Å². The molecule has 0 fully saturated rings. The molecule has 0 saturated carbocycles. The molecule has 2 amide bonds. The number of hydrogen-bond donors (Lipinski definition) is 3. The molecule has 2 aromatic carbocycles. The Bertz CT molecular complexity index is 1180. The Balaban J connectivity index is 1.60. The monoisotopic (exact) mass is 558 g/mol. The first kappa shape index (κ1) is 30.1. The predicted octanol–water partition coefficient (Wildman–Crippen LogP) is 6.50. The number of carbonyl (C=O) groups excluding carboxylic acids is 3. The van der Waals surface area contributed by atoms with Crippen molar-refractivity contribution >= 4 is 23.3 Å². The number of amides is 2. The van der Waals surface area contributed by atoms with Gasteiger partial charge >= 0.3 is 12.4 Å². The van der Waals surface area contributed by atoms with E-state index in [2.05, 4.69) is 5.32 Å². The van der Waals surface area contributed by atoms with Crippen LogP contribution in [0.25, 0.3) is 0 Å². The standard InChI is InChI=1S/C27H28F6N2O4/c28-26(29,30)19-12-16(13-20(15-19)27(31,32)33)11-18-8-7-17-14-21(9-10-22(17)25(18)38)34-23(36)5-3-1-2-4-6-24(37)35-39/h9-10,12-15,18,39H,1-8,11H2,(H,34,36)(H,35,37). The van der Waals surface area contributed by atoms with Crippen molar-refractivity contribution in [3.8, 4) is 0 Å². The summed E-state index contributed by atoms with van der Waals surface area (Å²) in [6.07, 6.45) is -6.46. The second-order valence-corrected chi connectivity index (χ2v) is 9.59. The highest BCUT2D eigenvalue weighted by Crippen LogP contribution is 2.38. The highest BCUT2D eigenvalue weighted by Gasteiger charge is 2.37. The molecule has 3 rings (SSSR count). The van der Waals surface area contributed by atoms with E-state index in [9.17, 15) is 40.7 Å². The molecule has 2 aromatic rings. The van der Waals surface area contributed by atoms with Crippen LogP contribution in [0.15, 0.2) is 36.4 Å². The molecule has 1 aliphatic carbocycles. The van der Waals surface area contributed by atoms with Crippen molar-refractivity contribution in [1.29, 1.82) is 0 Å². The Labute approximate surface area is 220 Å². The van der Waals surface area contributed by atoms with Gasteiger partial charge in [0.15, 0.2) is 5.78 Å². The normalized spacial score (nSPS) is 15.6. The molecular weight excluding hydrogens is 530 g/mol. The number of Topliss-reactive ketones (excluding diaryl/α,β-unsaturated/α-hetero) is 1. The van der Waals surface area contributed by atoms with Crippen LogP contribution < -0.4 is 10.8 Å². The highest BCUT2D eigenvalue weighted by molar-refractivity contribution is 6.01. The number of fused-ring (bicyclic) bond motifs is 1. The molecule has 0 bridgehead atoms. The molecule has 0 radical (unpaired) electrons. The van der Waals surface area contributed by atoms with Gasteiger partial charge in [0.05, 0.1) is 11.1 Å². The number of nitrogens with one attached hydrogen (secondary N) is 2. The van der Waals surface area contributed by atoms with Gasteiger partial charge in [0.2, 0.25) is 11.8 Å². The largest absolute Gasteiger partial charge is 0.416 e. The third kappa shape index (κ3) is 8.54. The number of ketones is 1. The summed E-state index contributed by atoms with van der Waals surface area (Å²) in [5.41, 5.74) is -0.0127.